The topological polar surface area (TPSA) is 90.1 Å². The van der Waals surface area contributed by atoms with Crippen LogP contribution in [0.2, 0.25) is 10.0 Å². The molecular formula is C29H26Cl2FN7O2S. The van der Waals surface area contributed by atoms with Gasteiger partial charge in [-0.15, -0.1) is 11.3 Å². The molecule has 0 saturated carbocycles. The number of imidazole rings is 1. The van der Waals surface area contributed by atoms with Crippen LogP contribution in [0.25, 0.3) is 22.0 Å². The molecule has 9 nitrogen and oxygen atoms in total. The van der Waals surface area contributed by atoms with Gasteiger partial charge in [-0.1, -0.05) is 47.5 Å². The van der Waals surface area contributed by atoms with Gasteiger partial charge >= 0.3 is 0 Å². The van der Waals surface area contributed by atoms with E-state index < -0.39 is 18.1 Å². The van der Waals surface area contributed by atoms with E-state index in [0.29, 0.717) is 37.5 Å². The van der Waals surface area contributed by atoms with Crippen LogP contribution in [0.4, 0.5) is 9.52 Å². The van der Waals surface area contributed by atoms with Crippen molar-refractivity contribution in [3.63, 3.8) is 0 Å². The molecule has 1 amide bonds. The van der Waals surface area contributed by atoms with Crippen LogP contribution >= 0.6 is 34.5 Å². The van der Waals surface area contributed by atoms with E-state index in [-0.39, 0.29) is 13.0 Å². The molecule has 216 valence electrons. The van der Waals surface area contributed by atoms with Gasteiger partial charge in [-0.2, -0.15) is 5.10 Å². The van der Waals surface area contributed by atoms with Crippen molar-refractivity contribution in [1.82, 2.24) is 29.2 Å². The number of hydrogen-bond acceptors (Lipinski definition) is 7. The highest BCUT2D eigenvalue weighted by Crippen LogP contribution is 2.39. The highest BCUT2D eigenvalue weighted by atomic mass is 35.5. The summed E-state index contributed by atoms with van der Waals surface area (Å²) >= 11 is 15.0. The van der Waals surface area contributed by atoms with E-state index in [2.05, 4.69) is 32.3 Å². The molecule has 1 N–H and O–H groups in total. The monoisotopic (exact) mass is 625 g/mol. The first kappa shape index (κ1) is 27.5. The summed E-state index contributed by atoms with van der Waals surface area (Å²) in [6.45, 7) is 4.41. The quantitative estimate of drug-likeness (QED) is 0.253. The average molecular weight is 627 g/mol. The Morgan fingerprint density at radius 3 is 2.76 bits per heavy atom. The number of alkyl halides is 1. The molecule has 2 aliphatic rings. The summed E-state index contributed by atoms with van der Waals surface area (Å²) in [4.78, 5) is 24.7. The standard InChI is InChI=1S/C29H26Cl2FN7O2S/c30-22-12-20(18-3-1-17(2-4-18)13-37-6-8-41-9-7-37)24(31)25-21(22)15-39(36-25)27(28(40)35-29-33-5-10-42-29)26-23-11-19(32)14-38(23)16-34-26/h1-5,10,12,15-16,19,27H,6-9,11,13-14H2,(H,33,35,40)/t19-,27?/m1/s1. The second kappa shape index (κ2) is 11.4. The normalized spacial score (nSPS) is 17.9. The second-order valence-corrected chi connectivity index (χ2v) is 12.1. The van der Waals surface area contributed by atoms with Gasteiger partial charge in [0.1, 0.15) is 11.7 Å². The number of morpholine rings is 1. The molecule has 0 aliphatic carbocycles. The first-order valence-electron chi connectivity index (χ1n) is 13.6. The van der Waals surface area contributed by atoms with Crippen LogP contribution in [0.5, 0.6) is 0 Å². The number of ether oxygens (including phenoxy) is 1. The molecule has 0 bridgehead atoms. The number of nitrogens with one attached hydrogen (secondary N) is 1. The number of aromatic nitrogens is 5. The molecule has 1 fully saturated rings. The Balaban J connectivity index is 1.25. The molecule has 5 aromatic rings. The lowest BCUT2D eigenvalue weighted by Crippen LogP contribution is -2.35. The van der Waals surface area contributed by atoms with Crippen LogP contribution in [0, 0.1) is 0 Å². The minimum Gasteiger partial charge on any atom is -0.379 e. The number of thiazole rings is 1. The number of carbonyl (C=O) groups excluding carboxylic acids is 1. The van der Waals surface area contributed by atoms with Crippen LogP contribution in [0.1, 0.15) is 23.0 Å². The molecule has 42 heavy (non-hydrogen) atoms. The average Bonchev–Trinajstić information content (AvgIpc) is 3.79. The molecule has 1 unspecified atom stereocenters. The van der Waals surface area contributed by atoms with Crippen molar-refractivity contribution < 1.29 is 13.9 Å². The number of benzene rings is 2. The third-order valence-corrected chi connectivity index (χ3v) is 9.09. The molecule has 1 saturated heterocycles. The number of hydrogen-bond donors (Lipinski definition) is 1. The lowest BCUT2D eigenvalue weighted by atomic mass is 10.0. The fraction of sp³-hybridized carbons (Fsp3) is 0.310. The van der Waals surface area contributed by atoms with Crippen molar-refractivity contribution in [3.05, 3.63) is 81.4 Å². The Hall–Kier alpha value is -3.35. The fourth-order valence-electron chi connectivity index (χ4n) is 5.62. The van der Waals surface area contributed by atoms with E-state index >= 15 is 0 Å². The van der Waals surface area contributed by atoms with Crippen molar-refractivity contribution in [3.8, 4) is 11.1 Å². The molecular weight excluding hydrogens is 600 g/mol. The zero-order valence-corrected chi connectivity index (χ0v) is 24.7. The highest BCUT2D eigenvalue weighted by molar-refractivity contribution is 7.13. The molecule has 2 aromatic carbocycles. The smallest absolute Gasteiger partial charge is 0.257 e. The predicted molar refractivity (Wildman–Crippen MR) is 161 cm³/mol. The van der Waals surface area contributed by atoms with Gasteiger partial charge in [0.25, 0.3) is 5.91 Å². The number of rotatable bonds is 7. The van der Waals surface area contributed by atoms with Crippen molar-refractivity contribution in [2.75, 3.05) is 31.6 Å². The largest absolute Gasteiger partial charge is 0.379 e. The minimum absolute atomic E-state index is 0.171. The Bertz CT molecular complexity index is 1750. The van der Waals surface area contributed by atoms with Gasteiger partial charge in [-0.25, -0.2) is 14.4 Å². The number of carbonyl (C=O) groups is 1. The van der Waals surface area contributed by atoms with Gasteiger partial charge in [-0.3, -0.25) is 19.7 Å². The van der Waals surface area contributed by atoms with Crippen LogP contribution < -0.4 is 5.32 Å². The van der Waals surface area contributed by atoms with E-state index in [1.165, 1.54) is 21.6 Å². The molecule has 0 radical (unpaired) electrons. The number of halogens is 3. The number of nitrogens with zero attached hydrogens (tertiary/aromatic N) is 6. The first-order valence-corrected chi connectivity index (χ1v) is 15.2. The zero-order chi connectivity index (χ0) is 28.8. The Kier molecular flexibility index (Phi) is 7.45. The Labute approximate surface area is 254 Å². The van der Waals surface area contributed by atoms with Crippen LogP contribution in [0.15, 0.2) is 54.4 Å². The van der Waals surface area contributed by atoms with Gasteiger partial charge in [0.15, 0.2) is 11.2 Å². The van der Waals surface area contributed by atoms with Crippen molar-refractivity contribution in [2.45, 2.75) is 31.7 Å². The maximum Gasteiger partial charge on any atom is 0.257 e. The van der Waals surface area contributed by atoms with Gasteiger partial charge < -0.3 is 9.30 Å². The van der Waals surface area contributed by atoms with Crippen molar-refractivity contribution in [1.29, 1.82) is 0 Å². The van der Waals surface area contributed by atoms with E-state index in [0.717, 1.165) is 44.0 Å². The summed E-state index contributed by atoms with van der Waals surface area (Å²) in [6, 6.07) is 9.08. The maximum absolute atomic E-state index is 14.3. The van der Waals surface area contributed by atoms with E-state index in [1.54, 1.807) is 28.7 Å². The summed E-state index contributed by atoms with van der Waals surface area (Å²) in [7, 11) is 0. The fourth-order valence-corrected chi connectivity index (χ4v) is 6.70. The molecule has 0 spiro atoms. The number of anilines is 1. The predicted octanol–water partition coefficient (Wildman–Crippen LogP) is 5.62. The zero-order valence-electron chi connectivity index (χ0n) is 22.3. The molecule has 3 aromatic heterocycles. The van der Waals surface area contributed by atoms with Crippen LogP contribution in [-0.2, 0) is 29.0 Å². The van der Waals surface area contributed by atoms with Gasteiger partial charge in [0, 0.05) is 60.5 Å². The lowest BCUT2D eigenvalue weighted by molar-refractivity contribution is -0.118. The highest BCUT2D eigenvalue weighted by Gasteiger charge is 2.34. The Morgan fingerprint density at radius 2 is 2.00 bits per heavy atom. The lowest BCUT2D eigenvalue weighted by Gasteiger charge is -2.26. The van der Waals surface area contributed by atoms with Crippen LogP contribution in [-0.4, -0.2) is 67.6 Å². The minimum atomic E-state index is -1.03. The van der Waals surface area contributed by atoms with E-state index in [1.807, 2.05) is 18.2 Å². The van der Waals surface area contributed by atoms with Crippen LogP contribution in [0.3, 0.4) is 0 Å². The van der Waals surface area contributed by atoms with Crippen molar-refractivity contribution in [2.24, 2.45) is 0 Å². The van der Waals surface area contributed by atoms with Crippen molar-refractivity contribution >= 4 is 56.5 Å². The summed E-state index contributed by atoms with van der Waals surface area (Å²) in [6.07, 6.45) is 4.00. The summed E-state index contributed by atoms with van der Waals surface area (Å²) in [5.41, 5.74) is 4.40. The van der Waals surface area contributed by atoms with E-state index in [9.17, 15) is 9.18 Å². The van der Waals surface area contributed by atoms with Gasteiger partial charge in [-0.05, 0) is 17.2 Å². The number of fused-ring (bicyclic) bond motifs is 2. The first-order chi connectivity index (χ1) is 20.4. The molecule has 13 heteroatoms. The summed E-state index contributed by atoms with van der Waals surface area (Å²) in [5.74, 6) is -0.398. The van der Waals surface area contributed by atoms with Gasteiger partial charge in [0.05, 0.1) is 41.8 Å². The molecule has 5 heterocycles. The molecule has 7 rings (SSSR count). The summed E-state index contributed by atoms with van der Waals surface area (Å²) in [5, 5.41) is 11.3. The third kappa shape index (κ3) is 5.20. The molecule has 2 atom stereocenters. The Morgan fingerprint density at radius 1 is 1.19 bits per heavy atom. The van der Waals surface area contributed by atoms with Gasteiger partial charge in [0.2, 0.25) is 0 Å². The number of amides is 1. The van der Waals surface area contributed by atoms with E-state index in [4.69, 9.17) is 33.0 Å². The maximum atomic E-state index is 14.3. The summed E-state index contributed by atoms with van der Waals surface area (Å²) < 4.78 is 23.0. The SMILES string of the molecule is O=C(Nc1nccs1)C(c1ncn2c1C[C@@H](F)C2)n1cc2c(Cl)cc(-c3ccc(CN4CCOCC4)cc3)c(Cl)c2n1. The molecule has 2 aliphatic heterocycles. The second-order valence-electron chi connectivity index (χ2n) is 10.4. The third-order valence-electron chi connectivity index (χ3n) is 7.70.